The smallest absolute Gasteiger partial charge is 0.251 e. The summed E-state index contributed by atoms with van der Waals surface area (Å²) in [6.45, 7) is 1.38. The Bertz CT molecular complexity index is 888. The molecule has 0 aromatic heterocycles. The Kier molecular flexibility index (Phi) is 5.00. The lowest BCUT2D eigenvalue weighted by atomic mass is 10.0. The molecule has 0 heterocycles. The molecule has 2 N–H and O–H groups in total. The number of amides is 1. The van der Waals surface area contributed by atoms with Gasteiger partial charge < -0.3 is 10.4 Å². The van der Waals surface area contributed by atoms with E-state index in [1.54, 1.807) is 13.1 Å². The largest absolute Gasteiger partial charge is 0.508 e. The third-order valence-electron chi connectivity index (χ3n) is 4.34. The Hall–Kier alpha value is -2.85. The molecule has 0 aliphatic heterocycles. The summed E-state index contributed by atoms with van der Waals surface area (Å²) in [5.74, 6) is 0.237. The van der Waals surface area contributed by atoms with Gasteiger partial charge in [0.1, 0.15) is 5.75 Å². The molecule has 128 valence electrons. The molecule has 0 unspecified atom stereocenters. The molecule has 0 fully saturated rings. The zero-order valence-corrected chi connectivity index (χ0v) is 14.5. The van der Waals surface area contributed by atoms with Gasteiger partial charge in [0.05, 0.1) is 0 Å². The predicted octanol–water partition coefficient (Wildman–Crippen LogP) is 3.54. The maximum absolute atomic E-state index is 11.6. The van der Waals surface area contributed by atoms with E-state index in [1.807, 2.05) is 55.6 Å². The maximum atomic E-state index is 11.6. The lowest BCUT2D eigenvalue weighted by Gasteiger charge is -2.19. The molecule has 0 radical (unpaired) electrons. The Balaban J connectivity index is 1.76. The van der Waals surface area contributed by atoms with Crippen LogP contribution in [0.5, 0.6) is 5.75 Å². The number of carbonyl (C=O) groups excluding carboxylic acids is 1. The van der Waals surface area contributed by atoms with E-state index in [0.29, 0.717) is 17.9 Å². The maximum Gasteiger partial charge on any atom is 0.251 e. The number of nitrogens with one attached hydrogen (secondary N) is 1. The molecule has 0 bridgehead atoms. The van der Waals surface area contributed by atoms with Crippen LogP contribution in [0.15, 0.2) is 60.7 Å². The number of nitrogens with zero attached hydrogens (tertiary/aromatic N) is 1. The van der Waals surface area contributed by atoms with Crippen molar-refractivity contribution in [3.05, 3.63) is 77.4 Å². The Morgan fingerprint density at radius 1 is 1.00 bits per heavy atom. The summed E-state index contributed by atoms with van der Waals surface area (Å²) in [6.07, 6.45) is 0. The second-order valence-corrected chi connectivity index (χ2v) is 6.23. The normalized spacial score (nSPS) is 11.0. The summed E-state index contributed by atoms with van der Waals surface area (Å²) in [7, 11) is 3.65. The molecule has 3 aromatic carbocycles. The van der Waals surface area contributed by atoms with Crippen LogP contribution in [0.1, 0.15) is 21.5 Å². The second kappa shape index (κ2) is 7.36. The Labute approximate surface area is 147 Å². The molecule has 3 rings (SSSR count). The first kappa shape index (κ1) is 17.0. The number of hydrogen-bond donors (Lipinski definition) is 2. The van der Waals surface area contributed by atoms with E-state index >= 15 is 0 Å². The highest BCUT2D eigenvalue weighted by atomic mass is 16.3. The van der Waals surface area contributed by atoms with E-state index in [2.05, 4.69) is 16.3 Å². The molecule has 1 amide bonds. The molecule has 0 aliphatic carbocycles. The van der Waals surface area contributed by atoms with E-state index in [-0.39, 0.29) is 5.91 Å². The average Bonchev–Trinajstić information content (AvgIpc) is 2.64. The van der Waals surface area contributed by atoms with Gasteiger partial charge in [-0.25, -0.2) is 0 Å². The second-order valence-electron chi connectivity index (χ2n) is 6.23. The van der Waals surface area contributed by atoms with Crippen LogP contribution in [0.4, 0.5) is 0 Å². The van der Waals surface area contributed by atoms with Crippen molar-refractivity contribution in [1.29, 1.82) is 0 Å². The van der Waals surface area contributed by atoms with Crippen molar-refractivity contribution in [2.45, 2.75) is 13.1 Å². The minimum atomic E-state index is -0.0828. The van der Waals surface area contributed by atoms with E-state index in [9.17, 15) is 9.90 Å². The number of rotatable bonds is 5. The molecular weight excluding hydrogens is 312 g/mol. The summed E-state index contributed by atoms with van der Waals surface area (Å²) >= 11 is 0. The predicted molar refractivity (Wildman–Crippen MR) is 101 cm³/mol. The van der Waals surface area contributed by atoms with Gasteiger partial charge in [0.25, 0.3) is 5.91 Å². The minimum Gasteiger partial charge on any atom is -0.508 e. The Morgan fingerprint density at radius 2 is 1.72 bits per heavy atom. The van der Waals surface area contributed by atoms with Gasteiger partial charge >= 0.3 is 0 Å². The van der Waals surface area contributed by atoms with Crippen LogP contribution in [-0.4, -0.2) is 30.0 Å². The van der Waals surface area contributed by atoms with Crippen molar-refractivity contribution in [3.8, 4) is 5.75 Å². The van der Waals surface area contributed by atoms with Gasteiger partial charge in [-0.15, -0.1) is 0 Å². The lowest BCUT2D eigenvalue weighted by molar-refractivity contribution is 0.0963. The zero-order valence-electron chi connectivity index (χ0n) is 14.5. The standard InChI is InChI=1S/C21H22N2O2/c1-22-21(25)17-9-7-15(8-10-17)13-23(2)14-19-18-6-4-3-5-16(18)11-12-20(19)24/h3-12,24H,13-14H2,1-2H3,(H,22,25). The van der Waals surface area contributed by atoms with Crippen molar-refractivity contribution in [1.82, 2.24) is 10.2 Å². The molecule has 0 atom stereocenters. The lowest BCUT2D eigenvalue weighted by Crippen LogP contribution is -2.19. The molecule has 0 spiro atoms. The average molecular weight is 334 g/mol. The van der Waals surface area contributed by atoms with Gasteiger partial charge in [-0.1, -0.05) is 42.5 Å². The number of phenols is 1. The molecule has 3 aromatic rings. The molecule has 4 nitrogen and oxygen atoms in total. The number of benzene rings is 3. The quantitative estimate of drug-likeness (QED) is 0.750. The zero-order chi connectivity index (χ0) is 17.8. The van der Waals surface area contributed by atoms with Crippen LogP contribution in [-0.2, 0) is 13.1 Å². The highest BCUT2D eigenvalue weighted by molar-refractivity contribution is 5.94. The molecule has 0 saturated heterocycles. The number of phenolic OH excluding ortho intramolecular Hbond substituents is 1. The first-order valence-corrected chi connectivity index (χ1v) is 8.27. The van der Waals surface area contributed by atoms with Gasteiger partial charge in [0.2, 0.25) is 0 Å². The van der Waals surface area contributed by atoms with Crippen molar-refractivity contribution in [2.24, 2.45) is 0 Å². The first-order valence-electron chi connectivity index (χ1n) is 8.27. The molecule has 4 heteroatoms. The third-order valence-corrected chi connectivity index (χ3v) is 4.34. The van der Waals surface area contributed by atoms with Gasteiger partial charge in [-0.05, 0) is 41.6 Å². The summed E-state index contributed by atoms with van der Waals surface area (Å²) in [4.78, 5) is 13.7. The van der Waals surface area contributed by atoms with Crippen LogP contribution in [0, 0.1) is 0 Å². The summed E-state index contributed by atoms with van der Waals surface area (Å²) < 4.78 is 0. The fourth-order valence-corrected chi connectivity index (χ4v) is 3.03. The van der Waals surface area contributed by atoms with Gasteiger partial charge in [-0.2, -0.15) is 0 Å². The van der Waals surface area contributed by atoms with Crippen LogP contribution in [0.2, 0.25) is 0 Å². The van der Waals surface area contributed by atoms with Crippen LogP contribution in [0.3, 0.4) is 0 Å². The fraction of sp³-hybridized carbons (Fsp3) is 0.190. The van der Waals surface area contributed by atoms with Gasteiger partial charge in [-0.3, -0.25) is 9.69 Å². The van der Waals surface area contributed by atoms with Crippen molar-refractivity contribution in [2.75, 3.05) is 14.1 Å². The minimum absolute atomic E-state index is 0.0828. The topological polar surface area (TPSA) is 52.6 Å². The van der Waals surface area contributed by atoms with E-state index < -0.39 is 0 Å². The van der Waals surface area contributed by atoms with E-state index in [1.165, 1.54) is 0 Å². The van der Waals surface area contributed by atoms with Crippen LogP contribution in [0.25, 0.3) is 10.8 Å². The highest BCUT2D eigenvalue weighted by Gasteiger charge is 2.10. The highest BCUT2D eigenvalue weighted by Crippen LogP contribution is 2.28. The van der Waals surface area contributed by atoms with Gasteiger partial charge in [0, 0.05) is 31.3 Å². The monoisotopic (exact) mass is 334 g/mol. The molecule has 0 saturated carbocycles. The number of carbonyl (C=O) groups is 1. The molecular formula is C21H22N2O2. The molecule has 0 aliphatic rings. The Morgan fingerprint density at radius 3 is 2.44 bits per heavy atom. The van der Waals surface area contributed by atoms with E-state index in [0.717, 1.165) is 28.4 Å². The van der Waals surface area contributed by atoms with Gasteiger partial charge in [0.15, 0.2) is 0 Å². The summed E-state index contributed by atoms with van der Waals surface area (Å²) in [6, 6.07) is 19.4. The number of hydrogen-bond acceptors (Lipinski definition) is 3. The number of aromatic hydroxyl groups is 1. The fourth-order valence-electron chi connectivity index (χ4n) is 3.03. The van der Waals surface area contributed by atoms with Crippen LogP contribution < -0.4 is 5.32 Å². The van der Waals surface area contributed by atoms with Crippen molar-refractivity contribution < 1.29 is 9.90 Å². The van der Waals surface area contributed by atoms with Crippen molar-refractivity contribution in [3.63, 3.8) is 0 Å². The first-order chi connectivity index (χ1) is 12.1. The van der Waals surface area contributed by atoms with Crippen LogP contribution >= 0.6 is 0 Å². The summed E-state index contributed by atoms with van der Waals surface area (Å²) in [5.41, 5.74) is 2.71. The van der Waals surface area contributed by atoms with E-state index in [4.69, 9.17) is 0 Å². The SMILES string of the molecule is CNC(=O)c1ccc(CN(C)Cc2c(O)ccc3ccccc23)cc1. The van der Waals surface area contributed by atoms with Crippen molar-refractivity contribution >= 4 is 16.7 Å². The third kappa shape index (κ3) is 3.80. The number of fused-ring (bicyclic) bond motifs is 1. The summed E-state index contributed by atoms with van der Waals surface area (Å²) in [5, 5.41) is 15.1. The molecule has 25 heavy (non-hydrogen) atoms.